The number of carbonyl (C=O) groups excluding carboxylic acids is 1. The quantitative estimate of drug-likeness (QED) is 0.617. The van der Waals surface area contributed by atoms with Gasteiger partial charge in [-0.15, -0.1) is 0 Å². The van der Waals surface area contributed by atoms with E-state index in [0.717, 1.165) is 0 Å². The highest BCUT2D eigenvalue weighted by Crippen LogP contribution is 2.15. The summed E-state index contributed by atoms with van der Waals surface area (Å²) in [6.45, 7) is 2.06. The van der Waals surface area contributed by atoms with Crippen LogP contribution in [0.4, 0.5) is 0 Å². The lowest BCUT2D eigenvalue weighted by Crippen LogP contribution is -2.41. The Morgan fingerprint density at radius 1 is 1.35 bits per heavy atom. The zero-order valence-corrected chi connectivity index (χ0v) is 10.6. The van der Waals surface area contributed by atoms with E-state index in [1.165, 1.54) is 24.0 Å². The monoisotopic (exact) mass is 248 g/mol. The summed E-state index contributed by atoms with van der Waals surface area (Å²) in [5.41, 5.74) is 1.17. The highest BCUT2D eigenvalue weighted by Gasteiger charge is 2.27. The molecule has 0 aliphatic rings. The van der Waals surface area contributed by atoms with Gasteiger partial charge in [0, 0.05) is 12.5 Å². The van der Waals surface area contributed by atoms with Crippen molar-refractivity contribution in [3.8, 4) is 0 Å². The molecule has 17 heavy (non-hydrogen) atoms. The summed E-state index contributed by atoms with van der Waals surface area (Å²) in [5.74, 6) is -0.289. The van der Waals surface area contributed by atoms with Gasteiger partial charge in [-0.3, -0.25) is 0 Å². The number of hydrogen-bond acceptors (Lipinski definition) is 3. The second kappa shape index (κ2) is 5.10. The summed E-state index contributed by atoms with van der Waals surface area (Å²) >= 11 is 1.39. The van der Waals surface area contributed by atoms with E-state index in [2.05, 4.69) is 19.1 Å². The van der Waals surface area contributed by atoms with Gasteiger partial charge in [-0.1, -0.05) is 41.7 Å². The maximum absolute atomic E-state index is 11.6. The van der Waals surface area contributed by atoms with Crippen molar-refractivity contribution in [1.29, 1.82) is 0 Å². The molecule has 4 heteroatoms. The number of ether oxygens (including phenoxy) is 1. The molecule has 0 spiro atoms. The highest BCUT2D eigenvalue weighted by atomic mass is 32.1. The van der Waals surface area contributed by atoms with Crippen LogP contribution in [0.15, 0.2) is 41.9 Å². The first kappa shape index (κ1) is 11.8. The van der Waals surface area contributed by atoms with E-state index in [-0.39, 0.29) is 12.0 Å². The largest absolute Gasteiger partial charge is 0.460 e. The molecule has 0 amide bonds. The van der Waals surface area contributed by atoms with Crippen LogP contribution in [0.5, 0.6) is 0 Å². The molecule has 0 fully saturated rings. The molecule has 1 unspecified atom stereocenters. The number of carbonyl (C=O) groups is 1. The van der Waals surface area contributed by atoms with Gasteiger partial charge >= 0.3 is 11.0 Å². The van der Waals surface area contributed by atoms with E-state index in [1.54, 1.807) is 0 Å². The summed E-state index contributed by atoms with van der Waals surface area (Å²) in [7, 11) is 1.40. The molecule has 1 heterocycles. The summed E-state index contributed by atoms with van der Waals surface area (Å²) in [6.07, 6.45) is 1.91. The fourth-order valence-corrected chi connectivity index (χ4v) is 2.57. The number of benzene rings is 1. The number of aromatic nitrogens is 1. The molecule has 0 radical (unpaired) electrons. The minimum Gasteiger partial charge on any atom is -0.460 e. The van der Waals surface area contributed by atoms with Gasteiger partial charge in [-0.25, -0.2) is 4.79 Å². The minimum atomic E-state index is -0.289. The van der Waals surface area contributed by atoms with Gasteiger partial charge in [0.1, 0.15) is 0 Å². The van der Waals surface area contributed by atoms with E-state index in [1.807, 2.05) is 34.3 Å². The Hall–Kier alpha value is -1.68. The van der Waals surface area contributed by atoms with Crippen molar-refractivity contribution in [3.63, 3.8) is 0 Å². The second-order valence-corrected chi connectivity index (χ2v) is 4.59. The van der Waals surface area contributed by atoms with Crippen molar-refractivity contribution in [1.82, 2.24) is 0 Å². The highest BCUT2D eigenvalue weighted by molar-refractivity contribution is 7.11. The molecule has 0 aliphatic carbocycles. The van der Waals surface area contributed by atoms with Gasteiger partial charge in [0.05, 0.1) is 12.5 Å². The first-order valence-electron chi connectivity index (χ1n) is 5.36. The topological polar surface area (TPSA) is 30.2 Å². The fourth-order valence-electron chi connectivity index (χ4n) is 1.73. The first-order chi connectivity index (χ1) is 8.24. The average molecular weight is 248 g/mol. The molecular weight excluding hydrogens is 234 g/mol. The van der Waals surface area contributed by atoms with Crippen molar-refractivity contribution >= 4 is 17.3 Å². The van der Waals surface area contributed by atoms with Crippen molar-refractivity contribution < 1.29 is 14.1 Å². The maximum atomic E-state index is 11.6. The molecular formula is C13H14NO2S+. The van der Waals surface area contributed by atoms with Crippen molar-refractivity contribution in [2.24, 2.45) is 0 Å². The van der Waals surface area contributed by atoms with Crippen molar-refractivity contribution in [3.05, 3.63) is 52.5 Å². The fraction of sp³-hybridized carbons (Fsp3) is 0.231. The maximum Gasteiger partial charge on any atom is 0.415 e. The van der Waals surface area contributed by atoms with Crippen LogP contribution in [-0.4, -0.2) is 13.1 Å². The Bertz CT molecular complexity index is 507. The van der Waals surface area contributed by atoms with Crippen LogP contribution < -0.4 is 4.57 Å². The summed E-state index contributed by atoms with van der Waals surface area (Å²) in [6, 6.07) is 10.2. The average Bonchev–Trinajstić information content (AvgIpc) is 2.87. The predicted molar refractivity (Wildman–Crippen MR) is 66.1 cm³/mol. The standard InChI is InChI=1S/C13H14NO2S/c1-10(11-6-4-3-5-7-11)14-8-9-17-12(14)13(15)16-2/h3-10H,1-2H3/q+1. The lowest BCUT2D eigenvalue weighted by Gasteiger charge is -2.06. The van der Waals surface area contributed by atoms with Crippen LogP contribution in [0.25, 0.3) is 0 Å². The minimum absolute atomic E-state index is 0.122. The Labute approximate surface area is 104 Å². The molecule has 0 saturated carbocycles. The third kappa shape index (κ3) is 2.36. The molecule has 0 aliphatic heterocycles. The van der Waals surface area contributed by atoms with Crippen molar-refractivity contribution in [2.75, 3.05) is 7.11 Å². The van der Waals surface area contributed by atoms with E-state index < -0.39 is 0 Å². The molecule has 1 aromatic heterocycles. The van der Waals surface area contributed by atoms with Gasteiger partial charge in [0.2, 0.25) is 0 Å². The van der Waals surface area contributed by atoms with Crippen LogP contribution in [0.3, 0.4) is 0 Å². The van der Waals surface area contributed by atoms with Gasteiger partial charge in [-0.2, -0.15) is 4.57 Å². The van der Waals surface area contributed by atoms with E-state index in [4.69, 9.17) is 4.74 Å². The molecule has 0 saturated heterocycles. The van der Waals surface area contributed by atoms with Gasteiger partial charge < -0.3 is 4.74 Å². The van der Waals surface area contributed by atoms with Crippen LogP contribution in [0.1, 0.15) is 28.3 Å². The SMILES string of the molecule is COC(=O)c1scc[n+]1C(C)c1ccccc1. The van der Waals surface area contributed by atoms with Gasteiger partial charge in [0.15, 0.2) is 12.2 Å². The smallest absolute Gasteiger partial charge is 0.415 e. The molecule has 0 N–H and O–H groups in total. The molecule has 0 bridgehead atoms. The summed E-state index contributed by atoms with van der Waals surface area (Å²) in [4.78, 5) is 11.6. The Morgan fingerprint density at radius 3 is 2.71 bits per heavy atom. The Morgan fingerprint density at radius 2 is 2.06 bits per heavy atom. The number of thiazole rings is 1. The lowest BCUT2D eigenvalue weighted by atomic mass is 10.1. The van der Waals surface area contributed by atoms with E-state index in [9.17, 15) is 4.79 Å². The zero-order chi connectivity index (χ0) is 12.3. The van der Waals surface area contributed by atoms with Crippen LogP contribution >= 0.6 is 11.3 Å². The van der Waals surface area contributed by atoms with Crippen LogP contribution in [-0.2, 0) is 4.74 Å². The molecule has 1 atom stereocenters. The zero-order valence-electron chi connectivity index (χ0n) is 9.79. The van der Waals surface area contributed by atoms with Crippen LogP contribution in [0, 0.1) is 0 Å². The Balaban J connectivity index is 2.35. The molecule has 2 rings (SSSR count). The first-order valence-corrected chi connectivity index (χ1v) is 6.24. The van der Waals surface area contributed by atoms with Gasteiger partial charge in [0.25, 0.3) is 0 Å². The normalized spacial score (nSPS) is 12.1. The number of rotatable bonds is 3. The number of methoxy groups -OCH3 is 1. The van der Waals surface area contributed by atoms with Gasteiger partial charge in [-0.05, 0) is 0 Å². The molecule has 2 aromatic rings. The Kier molecular flexibility index (Phi) is 3.54. The van der Waals surface area contributed by atoms with E-state index >= 15 is 0 Å². The van der Waals surface area contributed by atoms with Crippen molar-refractivity contribution in [2.45, 2.75) is 13.0 Å². The number of hydrogen-bond donors (Lipinski definition) is 0. The van der Waals surface area contributed by atoms with E-state index in [0.29, 0.717) is 5.01 Å². The third-order valence-electron chi connectivity index (χ3n) is 2.69. The number of nitrogens with zero attached hydrogens (tertiary/aromatic N) is 1. The molecule has 88 valence electrons. The second-order valence-electron chi connectivity index (χ2n) is 3.69. The third-order valence-corrected chi connectivity index (χ3v) is 3.55. The summed E-state index contributed by atoms with van der Waals surface area (Å²) in [5, 5.41) is 2.51. The molecule has 3 nitrogen and oxygen atoms in total. The summed E-state index contributed by atoms with van der Waals surface area (Å²) < 4.78 is 6.71. The number of esters is 1. The van der Waals surface area contributed by atoms with Crippen LogP contribution in [0.2, 0.25) is 0 Å². The molecule has 1 aromatic carbocycles. The lowest BCUT2D eigenvalue weighted by molar-refractivity contribution is -0.708. The predicted octanol–water partition coefficient (Wildman–Crippen LogP) is 2.43.